The fraction of sp³-hybridized carbons (Fsp3) is 0.429. The molecule has 1 fully saturated rings. The highest BCUT2D eigenvalue weighted by atomic mass is 32.2. The highest BCUT2D eigenvalue weighted by Crippen LogP contribution is 2.50. The average molecular weight is 545 g/mol. The number of methoxy groups -OCH3 is 3. The molecule has 1 aliphatic rings. The Morgan fingerprint density at radius 2 is 1.65 bits per heavy atom. The third-order valence-corrected chi connectivity index (χ3v) is 9.68. The lowest BCUT2D eigenvalue weighted by Gasteiger charge is -2.22. The van der Waals surface area contributed by atoms with Crippen molar-refractivity contribution in [2.45, 2.75) is 55.8 Å². The number of nitrogens with one attached hydrogen (secondary N) is 2. The van der Waals surface area contributed by atoms with Crippen LogP contribution in [-0.4, -0.2) is 35.8 Å². The average Bonchev–Trinajstić information content (AvgIpc) is 3.62. The maximum atomic E-state index is 13.1. The zero-order chi connectivity index (χ0) is 26.4. The fourth-order valence-corrected chi connectivity index (χ4v) is 7.20. The van der Waals surface area contributed by atoms with E-state index in [0.717, 1.165) is 28.4 Å². The topological polar surface area (TPSA) is 85.9 Å². The quantitative estimate of drug-likeness (QED) is 0.278. The third-order valence-electron chi connectivity index (χ3n) is 6.92. The molecule has 3 aromatic rings. The zero-order valence-corrected chi connectivity index (χ0v) is 23.5. The summed E-state index contributed by atoms with van der Waals surface area (Å²) in [4.78, 5) is 0. The number of ether oxygens (including phenoxy) is 3. The van der Waals surface area contributed by atoms with E-state index in [1.54, 1.807) is 30.7 Å². The second-order valence-electron chi connectivity index (χ2n) is 9.43. The van der Waals surface area contributed by atoms with E-state index in [2.05, 4.69) is 23.0 Å². The van der Waals surface area contributed by atoms with Gasteiger partial charge >= 0.3 is 0 Å². The molecule has 1 aliphatic carbocycles. The van der Waals surface area contributed by atoms with Crippen LogP contribution in [-0.2, 0) is 16.6 Å². The van der Waals surface area contributed by atoms with Gasteiger partial charge in [0.15, 0.2) is 11.5 Å². The van der Waals surface area contributed by atoms with Gasteiger partial charge in [-0.3, -0.25) is 4.72 Å². The Morgan fingerprint density at radius 3 is 2.30 bits per heavy atom. The molecule has 37 heavy (non-hydrogen) atoms. The maximum absolute atomic E-state index is 13.1. The van der Waals surface area contributed by atoms with Crippen LogP contribution in [0.15, 0.2) is 52.1 Å². The maximum Gasteiger partial charge on any atom is 0.271 e. The van der Waals surface area contributed by atoms with Crippen molar-refractivity contribution < 1.29 is 22.6 Å². The second kappa shape index (κ2) is 12.2. The number of hydrogen-bond donors (Lipinski definition) is 2. The summed E-state index contributed by atoms with van der Waals surface area (Å²) < 4.78 is 46.1. The van der Waals surface area contributed by atoms with Crippen LogP contribution in [0.25, 0.3) is 11.1 Å². The fourth-order valence-electron chi connectivity index (χ4n) is 5.15. The van der Waals surface area contributed by atoms with E-state index in [-0.39, 0.29) is 15.6 Å². The molecule has 1 atom stereocenters. The number of thiophene rings is 1. The summed E-state index contributed by atoms with van der Waals surface area (Å²) >= 11 is 1.15. The van der Waals surface area contributed by atoms with Crippen molar-refractivity contribution in [1.29, 1.82) is 0 Å². The van der Waals surface area contributed by atoms with E-state index in [1.807, 2.05) is 18.2 Å². The number of hydrogen-bond acceptors (Lipinski definition) is 7. The summed E-state index contributed by atoms with van der Waals surface area (Å²) in [5, 5.41) is 5.41. The lowest BCUT2D eigenvalue weighted by molar-refractivity contribution is 0.326. The first-order valence-electron chi connectivity index (χ1n) is 12.6. The Kier molecular flexibility index (Phi) is 9.00. The number of rotatable bonds is 12. The van der Waals surface area contributed by atoms with Crippen LogP contribution in [0, 0.1) is 5.92 Å². The molecule has 1 saturated carbocycles. The van der Waals surface area contributed by atoms with Crippen molar-refractivity contribution in [2.24, 2.45) is 5.92 Å². The van der Waals surface area contributed by atoms with Gasteiger partial charge in [0.1, 0.15) is 4.21 Å². The molecule has 9 heteroatoms. The largest absolute Gasteiger partial charge is 0.492 e. The molecule has 0 unspecified atom stereocenters. The predicted molar refractivity (Wildman–Crippen MR) is 150 cm³/mol. The SMILES string of the molecule is COc1c(NS(=O)(=O)c2cccs2)cc(-c2ccccc2CN[C@@H](C)CC2CCCC2)c(OC)c1OC. The summed E-state index contributed by atoms with van der Waals surface area (Å²) in [5.74, 6) is 1.86. The van der Waals surface area contributed by atoms with E-state index in [4.69, 9.17) is 14.2 Å². The molecule has 0 aliphatic heterocycles. The smallest absolute Gasteiger partial charge is 0.271 e. The third kappa shape index (κ3) is 6.22. The molecule has 0 saturated heterocycles. The normalized spacial score (nSPS) is 14.9. The predicted octanol–water partition coefficient (Wildman–Crippen LogP) is 6.30. The van der Waals surface area contributed by atoms with Crippen LogP contribution >= 0.6 is 11.3 Å². The summed E-state index contributed by atoms with van der Waals surface area (Å²) in [6.07, 6.45) is 6.53. The molecule has 0 spiro atoms. The molecule has 7 nitrogen and oxygen atoms in total. The molecule has 1 heterocycles. The van der Waals surface area contributed by atoms with Gasteiger partial charge in [-0.1, -0.05) is 56.0 Å². The van der Waals surface area contributed by atoms with Crippen LogP contribution in [0.1, 0.15) is 44.6 Å². The van der Waals surface area contributed by atoms with Gasteiger partial charge < -0.3 is 19.5 Å². The highest BCUT2D eigenvalue weighted by molar-refractivity contribution is 7.94. The first kappa shape index (κ1) is 27.3. The van der Waals surface area contributed by atoms with Gasteiger partial charge in [0.2, 0.25) is 5.75 Å². The van der Waals surface area contributed by atoms with Crippen molar-refractivity contribution in [3.05, 3.63) is 53.4 Å². The first-order chi connectivity index (χ1) is 17.9. The van der Waals surface area contributed by atoms with Gasteiger partial charge in [-0.25, -0.2) is 8.42 Å². The Labute approximate surface area is 224 Å². The molecular formula is C28H36N2O5S2. The van der Waals surface area contributed by atoms with E-state index >= 15 is 0 Å². The van der Waals surface area contributed by atoms with E-state index < -0.39 is 10.0 Å². The van der Waals surface area contributed by atoms with Crippen molar-refractivity contribution in [2.75, 3.05) is 26.1 Å². The van der Waals surface area contributed by atoms with E-state index in [9.17, 15) is 8.42 Å². The highest BCUT2D eigenvalue weighted by Gasteiger charge is 2.26. The van der Waals surface area contributed by atoms with Crippen molar-refractivity contribution in [3.63, 3.8) is 0 Å². The van der Waals surface area contributed by atoms with Crippen LogP contribution in [0.5, 0.6) is 17.2 Å². The number of anilines is 1. The van der Waals surface area contributed by atoms with Gasteiger partial charge in [0.25, 0.3) is 10.0 Å². The monoisotopic (exact) mass is 544 g/mol. The first-order valence-corrected chi connectivity index (χ1v) is 14.9. The van der Waals surface area contributed by atoms with Crippen molar-refractivity contribution >= 4 is 27.0 Å². The molecule has 1 aromatic heterocycles. The number of sulfonamides is 1. The molecular weight excluding hydrogens is 508 g/mol. The van der Waals surface area contributed by atoms with Crippen LogP contribution in [0.2, 0.25) is 0 Å². The van der Waals surface area contributed by atoms with Gasteiger partial charge in [0.05, 0.1) is 27.0 Å². The van der Waals surface area contributed by atoms with E-state index in [1.165, 1.54) is 46.3 Å². The summed E-state index contributed by atoms with van der Waals surface area (Å²) in [5.41, 5.74) is 3.00. The standard InChI is InChI=1S/C28H36N2O5S2/c1-19(16-20-10-5-6-11-20)29-18-21-12-7-8-13-22(21)23-17-24(27(34-3)28(35-4)26(23)33-2)30-37(31,32)25-14-9-15-36-25/h7-9,12-15,17,19-20,29-30H,5-6,10-11,16,18H2,1-4H3/t19-/m0/s1. The lowest BCUT2D eigenvalue weighted by Crippen LogP contribution is -2.27. The molecule has 200 valence electrons. The summed E-state index contributed by atoms with van der Waals surface area (Å²) in [6, 6.07) is 13.5. The minimum Gasteiger partial charge on any atom is -0.492 e. The second-order valence-corrected chi connectivity index (χ2v) is 12.3. The minimum atomic E-state index is -3.81. The zero-order valence-electron chi connectivity index (χ0n) is 21.9. The van der Waals surface area contributed by atoms with Crippen LogP contribution in [0.3, 0.4) is 0 Å². The van der Waals surface area contributed by atoms with Crippen molar-refractivity contribution in [1.82, 2.24) is 5.32 Å². The summed E-state index contributed by atoms with van der Waals surface area (Å²) in [7, 11) is 0.750. The van der Waals surface area contributed by atoms with E-state index in [0.29, 0.717) is 29.6 Å². The molecule has 0 radical (unpaired) electrons. The Balaban J connectivity index is 1.71. The summed E-state index contributed by atoms with van der Waals surface area (Å²) in [6.45, 7) is 2.92. The number of benzene rings is 2. The van der Waals surface area contributed by atoms with Gasteiger partial charge in [-0.15, -0.1) is 11.3 Å². The minimum absolute atomic E-state index is 0.215. The molecule has 4 rings (SSSR count). The molecule has 2 aromatic carbocycles. The Morgan fingerprint density at radius 1 is 0.946 bits per heavy atom. The molecule has 2 N–H and O–H groups in total. The molecule has 0 bridgehead atoms. The van der Waals surface area contributed by atoms with Gasteiger partial charge in [0, 0.05) is 18.2 Å². The van der Waals surface area contributed by atoms with Crippen molar-refractivity contribution in [3.8, 4) is 28.4 Å². The van der Waals surface area contributed by atoms with Gasteiger partial charge in [-0.05, 0) is 47.9 Å². The Bertz CT molecular complexity index is 1290. The lowest BCUT2D eigenvalue weighted by atomic mass is 9.96. The van der Waals surface area contributed by atoms with Crippen LogP contribution in [0.4, 0.5) is 5.69 Å². The Hall–Kier alpha value is -2.75. The molecule has 0 amide bonds. The van der Waals surface area contributed by atoms with Crippen LogP contribution < -0.4 is 24.2 Å². The van der Waals surface area contributed by atoms with Gasteiger partial charge in [-0.2, -0.15) is 0 Å².